The van der Waals surface area contributed by atoms with Gasteiger partial charge in [-0.1, -0.05) is 30.4 Å². The summed E-state index contributed by atoms with van der Waals surface area (Å²) in [5.74, 6) is 0.545. The molecule has 0 fully saturated rings. The molecule has 0 N–H and O–H groups in total. The molecule has 0 saturated carbocycles. The van der Waals surface area contributed by atoms with E-state index in [0.29, 0.717) is 76.8 Å². The largest absolute Gasteiger partial charge is 0.481 e. The summed E-state index contributed by atoms with van der Waals surface area (Å²) in [6, 6.07) is 24.6. The highest BCUT2D eigenvalue weighted by atomic mass is 32.1. The van der Waals surface area contributed by atoms with Crippen molar-refractivity contribution in [2.75, 3.05) is 0 Å². The molecule has 3 aromatic heterocycles. The van der Waals surface area contributed by atoms with Gasteiger partial charge in [0.15, 0.2) is 11.5 Å². The van der Waals surface area contributed by atoms with Crippen LogP contribution >= 0.6 is 34.0 Å². The van der Waals surface area contributed by atoms with Gasteiger partial charge in [0.1, 0.15) is 52.7 Å². The van der Waals surface area contributed by atoms with Gasteiger partial charge in [0.05, 0.1) is 51.6 Å². The molecule has 13 heteroatoms. The highest BCUT2D eigenvalue weighted by Crippen LogP contribution is 2.44. The molecule has 0 spiro atoms. The van der Waals surface area contributed by atoms with E-state index in [0.717, 1.165) is 25.8 Å². The summed E-state index contributed by atoms with van der Waals surface area (Å²) in [6.07, 6.45) is 14.9. The van der Waals surface area contributed by atoms with Crippen LogP contribution in [0.25, 0.3) is 33.6 Å². The zero-order chi connectivity index (χ0) is 44.9. The average molecular weight is 861 g/mol. The Morgan fingerprint density at radius 3 is 1.56 bits per heavy atom. The maximum absolute atomic E-state index is 10.2. The summed E-state index contributed by atoms with van der Waals surface area (Å²) in [5.41, 5.74) is 4.03. The number of nitrogens with zero attached hydrogens (tertiary/aromatic N) is 8. The zero-order valence-electron chi connectivity index (χ0n) is 34.3. The minimum atomic E-state index is -0.827. The summed E-state index contributed by atoms with van der Waals surface area (Å²) in [4.78, 5) is 4.11. The van der Waals surface area contributed by atoms with E-state index in [1.54, 1.807) is 44.2 Å². The van der Waals surface area contributed by atoms with Crippen molar-refractivity contribution >= 4 is 57.8 Å². The van der Waals surface area contributed by atoms with E-state index in [1.807, 2.05) is 70.2 Å². The van der Waals surface area contributed by atoms with Crippen molar-refractivity contribution in [3.63, 3.8) is 0 Å². The predicted octanol–water partition coefficient (Wildman–Crippen LogP) is 11.9. The van der Waals surface area contributed by atoms with E-state index in [1.165, 1.54) is 34.0 Å². The lowest BCUT2D eigenvalue weighted by Crippen LogP contribution is -2.20. The first-order valence-corrected chi connectivity index (χ1v) is 21.2. The SMILES string of the molecule is CC(C#N)=C1OC(C)(C)C(C=CC2=CC=C(C(C#N)=Cc3sc(-c4cc(C#N)c(C=C(C#N)c5ccc(C=CC6=C(C#N)C(=C(C)C#N)OC6(C)C)s5)s4)cc3C#N)C2)=C1C#N. The van der Waals surface area contributed by atoms with Crippen molar-refractivity contribution in [3.05, 3.63) is 147 Å². The molecule has 3 aromatic rings. The predicted molar refractivity (Wildman–Crippen MR) is 240 cm³/mol. The van der Waals surface area contributed by atoms with Crippen molar-refractivity contribution in [3.8, 4) is 58.3 Å². The highest BCUT2D eigenvalue weighted by molar-refractivity contribution is 7.23. The van der Waals surface area contributed by atoms with Gasteiger partial charge in [-0.15, -0.1) is 34.0 Å². The van der Waals surface area contributed by atoms with Crippen LogP contribution < -0.4 is 0 Å². The lowest BCUT2D eigenvalue weighted by molar-refractivity contribution is 0.0945. The van der Waals surface area contributed by atoms with Crippen molar-refractivity contribution in [2.24, 2.45) is 0 Å². The van der Waals surface area contributed by atoms with Crippen LogP contribution in [0.2, 0.25) is 0 Å². The molecule has 298 valence electrons. The van der Waals surface area contributed by atoms with Gasteiger partial charge in [-0.2, -0.15) is 42.1 Å². The van der Waals surface area contributed by atoms with E-state index in [9.17, 15) is 42.1 Å². The maximum atomic E-state index is 10.2. The fourth-order valence-corrected chi connectivity index (χ4v) is 9.89. The lowest BCUT2D eigenvalue weighted by Gasteiger charge is -2.20. The van der Waals surface area contributed by atoms with Crippen LogP contribution in [0, 0.1) is 90.6 Å². The van der Waals surface area contributed by atoms with Crippen LogP contribution in [0.15, 0.2) is 116 Å². The third-order valence-corrected chi connectivity index (χ3v) is 13.5. The Morgan fingerprint density at radius 2 is 1.10 bits per heavy atom. The van der Waals surface area contributed by atoms with Gasteiger partial charge >= 0.3 is 0 Å². The molecule has 0 bridgehead atoms. The normalized spacial score (nSPS) is 18.4. The Kier molecular flexibility index (Phi) is 12.4. The Morgan fingerprint density at radius 1 is 0.597 bits per heavy atom. The second-order valence-electron chi connectivity index (χ2n) is 15.0. The Hall–Kier alpha value is -7.98. The lowest BCUT2D eigenvalue weighted by atomic mass is 9.93. The molecular weight excluding hydrogens is 829 g/mol. The monoisotopic (exact) mass is 860 g/mol. The van der Waals surface area contributed by atoms with E-state index in [4.69, 9.17) is 9.47 Å². The van der Waals surface area contributed by atoms with Crippen LogP contribution in [-0.4, -0.2) is 11.2 Å². The molecule has 0 aromatic carbocycles. The minimum Gasteiger partial charge on any atom is -0.481 e. The van der Waals surface area contributed by atoms with Gasteiger partial charge in [0, 0.05) is 40.4 Å². The second kappa shape index (κ2) is 17.7. The molecule has 62 heavy (non-hydrogen) atoms. The molecule has 1 aliphatic carbocycles. The van der Waals surface area contributed by atoms with Crippen molar-refractivity contribution in [1.29, 1.82) is 42.1 Å². The standard InChI is InChI=1S/C49H32N8O2S3/c1-28(20-50)46-37(26-56)39(48(3,4)58-46)12-8-30-7-9-31(15-30)32(22-52)16-42-34(24-54)18-44(61-42)45-19-35(25-55)43(62-45)17-33(23-53)41-14-11-36(60-41)10-13-40-38(27-57)47(29(2)21-51)59-49(40,5)6/h7-14,16-19H,15H2,1-6H3. The molecule has 0 saturated heterocycles. The van der Waals surface area contributed by atoms with Crippen molar-refractivity contribution < 1.29 is 9.47 Å². The van der Waals surface area contributed by atoms with Crippen molar-refractivity contribution in [2.45, 2.75) is 59.2 Å². The smallest absolute Gasteiger partial charge is 0.152 e. The highest BCUT2D eigenvalue weighted by Gasteiger charge is 2.39. The second-order valence-corrected chi connectivity index (χ2v) is 18.3. The van der Waals surface area contributed by atoms with Crippen LogP contribution in [0.5, 0.6) is 0 Å². The van der Waals surface area contributed by atoms with Crippen LogP contribution in [-0.2, 0) is 9.47 Å². The summed E-state index contributed by atoms with van der Waals surface area (Å²) in [5, 5.41) is 79.2. The number of hydrogen-bond acceptors (Lipinski definition) is 13. The fraction of sp³-hybridized carbons (Fsp3) is 0.184. The number of nitriles is 8. The summed E-state index contributed by atoms with van der Waals surface area (Å²) < 4.78 is 11.9. The summed E-state index contributed by atoms with van der Waals surface area (Å²) in [6.45, 7) is 10.5. The quantitative estimate of drug-likeness (QED) is 0.186. The first-order chi connectivity index (χ1) is 29.6. The molecule has 3 aliphatic rings. The molecule has 0 unspecified atom stereocenters. The van der Waals surface area contributed by atoms with E-state index >= 15 is 0 Å². The number of thiophene rings is 3. The maximum Gasteiger partial charge on any atom is 0.152 e. The van der Waals surface area contributed by atoms with E-state index in [2.05, 4.69) is 48.6 Å². The number of ether oxygens (including phenoxy) is 2. The molecule has 5 heterocycles. The first kappa shape index (κ1) is 43.6. The molecular formula is C49H32N8O2S3. The Bertz CT molecular complexity index is 3150. The van der Waals surface area contributed by atoms with Gasteiger partial charge in [0.25, 0.3) is 0 Å². The van der Waals surface area contributed by atoms with Gasteiger partial charge in [0.2, 0.25) is 0 Å². The van der Waals surface area contributed by atoms with Gasteiger partial charge in [-0.25, -0.2) is 0 Å². The average Bonchev–Trinajstić information content (AvgIpc) is 4.12. The molecule has 0 radical (unpaired) electrons. The number of hydrogen-bond donors (Lipinski definition) is 0. The van der Waals surface area contributed by atoms with E-state index < -0.39 is 11.2 Å². The van der Waals surface area contributed by atoms with Gasteiger partial charge in [-0.05, 0) is 102 Å². The van der Waals surface area contributed by atoms with Gasteiger partial charge < -0.3 is 9.47 Å². The first-order valence-electron chi connectivity index (χ1n) is 18.7. The van der Waals surface area contributed by atoms with Crippen LogP contribution in [0.3, 0.4) is 0 Å². The van der Waals surface area contributed by atoms with E-state index in [-0.39, 0.29) is 11.5 Å². The Balaban J connectivity index is 1.23. The van der Waals surface area contributed by atoms with Crippen LogP contribution in [0.4, 0.5) is 0 Å². The third kappa shape index (κ3) is 8.53. The number of rotatable bonds is 9. The molecule has 0 atom stereocenters. The Labute approximate surface area is 371 Å². The fourth-order valence-electron chi connectivity index (χ4n) is 6.84. The molecule has 10 nitrogen and oxygen atoms in total. The van der Waals surface area contributed by atoms with Gasteiger partial charge in [-0.3, -0.25) is 0 Å². The summed E-state index contributed by atoms with van der Waals surface area (Å²) >= 11 is 4.01. The summed E-state index contributed by atoms with van der Waals surface area (Å²) in [7, 11) is 0. The molecule has 6 rings (SSSR count). The third-order valence-electron chi connectivity index (χ3n) is 10.1. The minimum absolute atomic E-state index is 0.270. The molecule has 0 amide bonds. The topological polar surface area (TPSA) is 209 Å². The van der Waals surface area contributed by atoms with Crippen molar-refractivity contribution in [1.82, 2.24) is 0 Å². The molecule has 2 aliphatic heterocycles. The zero-order valence-corrected chi connectivity index (χ0v) is 36.7. The van der Waals surface area contributed by atoms with Crippen LogP contribution in [0.1, 0.15) is 78.6 Å². The number of allylic oxidation sites excluding steroid dienone is 11.